The van der Waals surface area contributed by atoms with Crippen molar-refractivity contribution in [2.75, 3.05) is 6.54 Å². The smallest absolute Gasteiger partial charge is 0.407 e. The molecule has 0 saturated carbocycles. The molecule has 1 aromatic rings. The predicted molar refractivity (Wildman–Crippen MR) is 81.4 cm³/mol. The van der Waals surface area contributed by atoms with Crippen LogP contribution in [-0.4, -0.2) is 30.1 Å². The van der Waals surface area contributed by atoms with Crippen molar-refractivity contribution in [2.24, 2.45) is 5.16 Å². The molecule has 0 bridgehead atoms. The van der Waals surface area contributed by atoms with Crippen LogP contribution < -0.4 is 5.32 Å². The first-order valence-electron chi connectivity index (χ1n) is 7.10. The highest BCUT2D eigenvalue weighted by Gasteiger charge is 2.24. The zero-order chi connectivity index (χ0) is 15.5. The minimum atomic E-state index is -0.496. The summed E-state index contributed by atoms with van der Waals surface area (Å²) in [5.41, 5.74) is 2.68. The van der Waals surface area contributed by atoms with Crippen LogP contribution in [0.15, 0.2) is 29.4 Å². The number of ether oxygens (including phenoxy) is 1. The summed E-state index contributed by atoms with van der Waals surface area (Å²) in [6.45, 7) is 7.92. The van der Waals surface area contributed by atoms with Gasteiger partial charge < -0.3 is 14.9 Å². The van der Waals surface area contributed by atoms with Crippen molar-refractivity contribution >= 4 is 11.8 Å². The van der Waals surface area contributed by atoms with Crippen LogP contribution in [0.5, 0.6) is 0 Å². The third-order valence-corrected chi connectivity index (χ3v) is 2.99. The van der Waals surface area contributed by atoms with Gasteiger partial charge in [0.2, 0.25) is 0 Å². The summed E-state index contributed by atoms with van der Waals surface area (Å²) in [5, 5.41) is 6.80. The lowest BCUT2D eigenvalue weighted by Crippen LogP contribution is -2.37. The summed E-state index contributed by atoms with van der Waals surface area (Å²) < 4.78 is 5.18. The average Bonchev–Trinajstić information content (AvgIpc) is 2.84. The Hall–Kier alpha value is -2.04. The Morgan fingerprint density at radius 3 is 2.67 bits per heavy atom. The molecule has 0 spiro atoms. The van der Waals surface area contributed by atoms with Crippen molar-refractivity contribution in [2.45, 2.75) is 45.8 Å². The van der Waals surface area contributed by atoms with Gasteiger partial charge in [0.1, 0.15) is 5.60 Å². The largest absolute Gasteiger partial charge is 0.444 e. The number of amides is 1. The van der Waals surface area contributed by atoms with Gasteiger partial charge in [-0.3, -0.25) is 0 Å². The van der Waals surface area contributed by atoms with Crippen LogP contribution in [0.25, 0.3) is 0 Å². The van der Waals surface area contributed by atoms with Crippen molar-refractivity contribution in [1.82, 2.24) is 5.32 Å². The molecule has 0 aromatic heterocycles. The highest BCUT2D eigenvalue weighted by Crippen LogP contribution is 2.17. The second-order valence-corrected chi connectivity index (χ2v) is 6.22. The lowest BCUT2D eigenvalue weighted by molar-refractivity contribution is 0.0439. The first kappa shape index (κ1) is 15.4. The molecule has 0 fully saturated rings. The fourth-order valence-corrected chi connectivity index (χ4v) is 1.97. The third kappa shape index (κ3) is 4.77. The lowest BCUT2D eigenvalue weighted by atomic mass is 10.0. The first-order valence-corrected chi connectivity index (χ1v) is 7.10. The summed E-state index contributed by atoms with van der Waals surface area (Å²) in [6.07, 6.45) is 0.0995. The quantitative estimate of drug-likeness (QED) is 0.931. The molecule has 114 valence electrons. The zero-order valence-corrected chi connectivity index (χ0v) is 13.0. The number of carbonyl (C=O) groups is 1. The van der Waals surface area contributed by atoms with E-state index in [0.717, 1.165) is 11.3 Å². The molecule has 5 heteroatoms. The maximum atomic E-state index is 11.6. The number of nitrogens with zero attached hydrogens (tertiary/aromatic N) is 1. The lowest BCUT2D eigenvalue weighted by Gasteiger charge is -2.20. The Labute approximate surface area is 125 Å². The number of benzene rings is 1. The summed E-state index contributed by atoms with van der Waals surface area (Å²) in [7, 11) is 0. The molecule has 1 aromatic carbocycles. The van der Waals surface area contributed by atoms with Crippen molar-refractivity contribution in [3.63, 3.8) is 0 Å². The van der Waals surface area contributed by atoms with Gasteiger partial charge in [0, 0.05) is 6.42 Å². The van der Waals surface area contributed by atoms with Crippen LogP contribution >= 0.6 is 0 Å². The molecule has 5 nitrogen and oxygen atoms in total. The molecular formula is C16H22N2O3. The van der Waals surface area contributed by atoms with Gasteiger partial charge >= 0.3 is 6.09 Å². The molecule has 1 amide bonds. The Bertz CT molecular complexity index is 529. The molecule has 0 unspecified atom stereocenters. The Morgan fingerprint density at radius 2 is 2.05 bits per heavy atom. The molecule has 1 aliphatic heterocycles. The molecule has 1 heterocycles. The van der Waals surface area contributed by atoms with E-state index in [-0.39, 0.29) is 6.10 Å². The topological polar surface area (TPSA) is 59.9 Å². The average molecular weight is 290 g/mol. The number of aryl methyl sites for hydroxylation is 1. The first-order chi connectivity index (χ1) is 9.83. The predicted octanol–water partition coefficient (Wildman–Crippen LogP) is 3.01. The fraction of sp³-hybridized carbons (Fsp3) is 0.500. The van der Waals surface area contributed by atoms with Gasteiger partial charge in [0.05, 0.1) is 12.3 Å². The number of nitrogens with one attached hydrogen (secondary N) is 1. The van der Waals surface area contributed by atoms with Crippen LogP contribution in [-0.2, 0) is 9.57 Å². The van der Waals surface area contributed by atoms with Gasteiger partial charge in [0.25, 0.3) is 0 Å². The van der Waals surface area contributed by atoms with Gasteiger partial charge in [-0.1, -0.05) is 35.0 Å². The number of oxime groups is 1. The van der Waals surface area contributed by atoms with E-state index in [0.29, 0.717) is 13.0 Å². The third-order valence-electron chi connectivity index (χ3n) is 2.99. The molecular weight excluding hydrogens is 268 g/mol. The summed E-state index contributed by atoms with van der Waals surface area (Å²) in [6, 6.07) is 8.15. The van der Waals surface area contributed by atoms with E-state index < -0.39 is 11.7 Å². The summed E-state index contributed by atoms with van der Waals surface area (Å²) >= 11 is 0. The van der Waals surface area contributed by atoms with E-state index in [1.807, 2.05) is 52.0 Å². The van der Waals surface area contributed by atoms with E-state index in [1.54, 1.807) is 0 Å². The van der Waals surface area contributed by atoms with Gasteiger partial charge in [-0.15, -0.1) is 0 Å². The number of carbonyl (C=O) groups excluding carboxylic acids is 1. The molecule has 0 radical (unpaired) electrons. The number of alkyl carbamates (subject to hydrolysis) is 1. The van der Waals surface area contributed by atoms with E-state index in [9.17, 15) is 4.79 Å². The SMILES string of the molecule is Cc1ccc(C2=NO[C@H](CNC(=O)OC(C)(C)C)C2)cc1. The second kappa shape index (κ2) is 6.16. The fourth-order valence-electron chi connectivity index (χ4n) is 1.97. The van der Waals surface area contributed by atoms with Crippen LogP contribution in [0.2, 0.25) is 0 Å². The normalized spacial score (nSPS) is 17.9. The van der Waals surface area contributed by atoms with Crippen molar-refractivity contribution in [3.8, 4) is 0 Å². The molecule has 0 saturated heterocycles. The minimum Gasteiger partial charge on any atom is -0.444 e. The molecule has 2 rings (SSSR count). The Balaban J connectivity index is 1.80. The van der Waals surface area contributed by atoms with Gasteiger partial charge in [-0.05, 0) is 33.3 Å². The van der Waals surface area contributed by atoms with E-state index in [2.05, 4.69) is 10.5 Å². The maximum Gasteiger partial charge on any atom is 0.407 e. The molecule has 0 aliphatic carbocycles. The van der Waals surface area contributed by atoms with E-state index in [1.165, 1.54) is 5.56 Å². The van der Waals surface area contributed by atoms with Crippen LogP contribution in [0, 0.1) is 6.92 Å². The minimum absolute atomic E-state index is 0.145. The molecule has 21 heavy (non-hydrogen) atoms. The van der Waals surface area contributed by atoms with E-state index >= 15 is 0 Å². The van der Waals surface area contributed by atoms with Crippen molar-refractivity contribution in [1.29, 1.82) is 0 Å². The molecule has 1 N–H and O–H groups in total. The monoisotopic (exact) mass is 290 g/mol. The highest BCUT2D eigenvalue weighted by molar-refractivity contribution is 6.01. The maximum absolute atomic E-state index is 11.6. The van der Waals surface area contributed by atoms with Gasteiger partial charge in [-0.25, -0.2) is 4.79 Å². The second-order valence-electron chi connectivity index (χ2n) is 6.22. The van der Waals surface area contributed by atoms with Crippen LogP contribution in [0.3, 0.4) is 0 Å². The number of hydrogen-bond donors (Lipinski definition) is 1. The Kier molecular flexibility index (Phi) is 4.50. The summed E-state index contributed by atoms with van der Waals surface area (Å²) in [5.74, 6) is 0. The van der Waals surface area contributed by atoms with Crippen molar-refractivity contribution < 1.29 is 14.4 Å². The molecule has 1 aliphatic rings. The number of rotatable bonds is 3. The molecule has 1 atom stereocenters. The highest BCUT2D eigenvalue weighted by atomic mass is 16.6. The van der Waals surface area contributed by atoms with Crippen LogP contribution in [0.4, 0.5) is 4.79 Å². The van der Waals surface area contributed by atoms with E-state index in [4.69, 9.17) is 9.57 Å². The van der Waals surface area contributed by atoms with Crippen LogP contribution in [0.1, 0.15) is 38.3 Å². The number of hydrogen-bond acceptors (Lipinski definition) is 4. The standard InChI is InChI=1S/C16H22N2O3/c1-11-5-7-12(8-6-11)14-9-13(21-18-14)10-17-15(19)20-16(2,3)4/h5-8,13H,9-10H2,1-4H3,(H,17,19)/t13-/m0/s1. The Morgan fingerprint density at radius 1 is 1.38 bits per heavy atom. The van der Waals surface area contributed by atoms with Crippen molar-refractivity contribution in [3.05, 3.63) is 35.4 Å². The zero-order valence-electron chi connectivity index (χ0n) is 13.0. The summed E-state index contributed by atoms with van der Waals surface area (Å²) in [4.78, 5) is 16.9. The van der Waals surface area contributed by atoms with Gasteiger partial charge in [0.15, 0.2) is 6.10 Å². The van der Waals surface area contributed by atoms with Gasteiger partial charge in [-0.2, -0.15) is 0 Å².